The summed E-state index contributed by atoms with van der Waals surface area (Å²) in [4.78, 5) is 11.3. The molecule has 4 heteroatoms. The van der Waals surface area contributed by atoms with E-state index in [2.05, 4.69) is 14.9 Å². The van der Waals surface area contributed by atoms with Crippen LogP contribution in [0.25, 0.3) is 0 Å². The number of hydrogen-bond donors (Lipinski definition) is 1. The van der Waals surface area contributed by atoms with Crippen molar-refractivity contribution in [1.82, 2.24) is 9.97 Å². The number of anilines is 1. The van der Waals surface area contributed by atoms with Crippen LogP contribution in [0.1, 0.15) is 43.4 Å². The lowest BCUT2D eigenvalue weighted by molar-refractivity contribution is 0.550. The van der Waals surface area contributed by atoms with Crippen molar-refractivity contribution < 1.29 is 0 Å². The van der Waals surface area contributed by atoms with Crippen LogP contribution in [0.2, 0.25) is 0 Å². The Morgan fingerprint density at radius 1 is 1.18 bits per heavy atom. The fourth-order valence-electron chi connectivity index (χ4n) is 2.28. The van der Waals surface area contributed by atoms with Gasteiger partial charge in [-0.25, -0.2) is 9.97 Å². The van der Waals surface area contributed by atoms with Gasteiger partial charge in [-0.05, 0) is 19.8 Å². The van der Waals surface area contributed by atoms with E-state index < -0.39 is 0 Å². The molecule has 2 rings (SSSR count). The van der Waals surface area contributed by atoms with Crippen molar-refractivity contribution in [1.29, 1.82) is 0 Å². The number of nitrogens with zero attached hydrogens (tertiary/aromatic N) is 3. The van der Waals surface area contributed by atoms with Crippen molar-refractivity contribution >= 4 is 5.95 Å². The molecule has 1 fully saturated rings. The van der Waals surface area contributed by atoms with Gasteiger partial charge in [-0.2, -0.15) is 0 Å². The molecule has 1 saturated heterocycles. The summed E-state index contributed by atoms with van der Waals surface area (Å²) in [6, 6.07) is 0. The molecular weight excluding hydrogens is 212 g/mol. The molecule has 1 aromatic rings. The SMILES string of the molecule is Cc1nc(N2CCCCCCC2)ncc1CN. The fourth-order valence-corrected chi connectivity index (χ4v) is 2.28. The quantitative estimate of drug-likeness (QED) is 0.850. The number of rotatable bonds is 2. The smallest absolute Gasteiger partial charge is 0.225 e. The molecule has 2 N–H and O–H groups in total. The maximum Gasteiger partial charge on any atom is 0.225 e. The summed E-state index contributed by atoms with van der Waals surface area (Å²) >= 11 is 0. The largest absolute Gasteiger partial charge is 0.341 e. The second kappa shape index (κ2) is 5.96. The van der Waals surface area contributed by atoms with Crippen molar-refractivity contribution in [3.63, 3.8) is 0 Å². The molecule has 0 radical (unpaired) electrons. The van der Waals surface area contributed by atoms with Gasteiger partial charge in [-0.15, -0.1) is 0 Å². The van der Waals surface area contributed by atoms with Crippen LogP contribution in [-0.2, 0) is 6.54 Å². The van der Waals surface area contributed by atoms with Crippen molar-refractivity contribution in [3.05, 3.63) is 17.5 Å². The van der Waals surface area contributed by atoms with Crippen molar-refractivity contribution in [2.45, 2.75) is 45.6 Å². The van der Waals surface area contributed by atoms with Gasteiger partial charge in [0.15, 0.2) is 0 Å². The van der Waals surface area contributed by atoms with E-state index in [0.717, 1.165) is 30.3 Å². The van der Waals surface area contributed by atoms with E-state index in [1.165, 1.54) is 32.1 Å². The molecule has 94 valence electrons. The number of aromatic nitrogens is 2. The predicted octanol–water partition coefficient (Wildman–Crippen LogP) is 2.01. The second-order valence-electron chi connectivity index (χ2n) is 4.74. The molecule has 4 nitrogen and oxygen atoms in total. The van der Waals surface area contributed by atoms with Crippen molar-refractivity contribution in [2.24, 2.45) is 5.73 Å². The zero-order valence-corrected chi connectivity index (χ0v) is 10.7. The Kier molecular flexibility index (Phi) is 4.31. The highest BCUT2D eigenvalue weighted by Gasteiger charge is 2.12. The van der Waals surface area contributed by atoms with Crippen LogP contribution < -0.4 is 10.6 Å². The molecule has 0 aliphatic carbocycles. The summed E-state index contributed by atoms with van der Waals surface area (Å²) in [6.07, 6.45) is 8.41. The Morgan fingerprint density at radius 2 is 1.82 bits per heavy atom. The summed E-state index contributed by atoms with van der Waals surface area (Å²) in [6.45, 7) is 4.70. The van der Waals surface area contributed by atoms with E-state index in [4.69, 9.17) is 5.73 Å². The monoisotopic (exact) mass is 234 g/mol. The van der Waals surface area contributed by atoms with Crippen LogP contribution in [-0.4, -0.2) is 23.1 Å². The molecule has 1 aliphatic heterocycles. The zero-order chi connectivity index (χ0) is 12.1. The molecule has 1 aromatic heterocycles. The van der Waals surface area contributed by atoms with Crippen LogP contribution in [0.3, 0.4) is 0 Å². The minimum Gasteiger partial charge on any atom is -0.341 e. The van der Waals surface area contributed by atoms with Gasteiger partial charge in [0, 0.05) is 37.1 Å². The third kappa shape index (κ3) is 3.16. The molecule has 0 amide bonds. The number of hydrogen-bond acceptors (Lipinski definition) is 4. The normalized spacial score (nSPS) is 17.6. The molecule has 0 atom stereocenters. The molecule has 0 bridgehead atoms. The zero-order valence-electron chi connectivity index (χ0n) is 10.7. The first-order valence-electron chi connectivity index (χ1n) is 6.59. The van der Waals surface area contributed by atoms with E-state index >= 15 is 0 Å². The van der Waals surface area contributed by atoms with Gasteiger partial charge in [0.1, 0.15) is 0 Å². The summed E-state index contributed by atoms with van der Waals surface area (Å²) in [5.41, 5.74) is 7.69. The average Bonchev–Trinajstić information content (AvgIpc) is 2.28. The first-order valence-corrected chi connectivity index (χ1v) is 6.59. The highest BCUT2D eigenvalue weighted by molar-refractivity contribution is 5.32. The first-order chi connectivity index (χ1) is 8.31. The molecule has 0 saturated carbocycles. The molecule has 0 spiro atoms. The topological polar surface area (TPSA) is 55.0 Å². The summed E-state index contributed by atoms with van der Waals surface area (Å²) in [5.74, 6) is 0.876. The lowest BCUT2D eigenvalue weighted by atomic mass is 10.1. The molecular formula is C13H22N4. The first kappa shape index (κ1) is 12.3. The molecule has 0 unspecified atom stereocenters. The van der Waals surface area contributed by atoms with Gasteiger partial charge in [0.05, 0.1) is 0 Å². The van der Waals surface area contributed by atoms with Gasteiger partial charge in [-0.1, -0.05) is 19.3 Å². The Hall–Kier alpha value is -1.16. The minimum absolute atomic E-state index is 0.520. The van der Waals surface area contributed by atoms with Gasteiger partial charge in [0.25, 0.3) is 0 Å². The standard InChI is InChI=1S/C13H22N4/c1-11-12(9-14)10-15-13(16-11)17-7-5-3-2-4-6-8-17/h10H,2-9,14H2,1H3. The van der Waals surface area contributed by atoms with Crippen LogP contribution in [0.15, 0.2) is 6.20 Å². The van der Waals surface area contributed by atoms with E-state index in [1.54, 1.807) is 0 Å². The van der Waals surface area contributed by atoms with E-state index in [-0.39, 0.29) is 0 Å². The number of aryl methyl sites for hydroxylation is 1. The molecule has 2 heterocycles. The van der Waals surface area contributed by atoms with E-state index in [0.29, 0.717) is 6.54 Å². The fraction of sp³-hybridized carbons (Fsp3) is 0.692. The Balaban J connectivity index is 2.11. The van der Waals surface area contributed by atoms with Crippen LogP contribution in [0.4, 0.5) is 5.95 Å². The molecule has 1 aliphatic rings. The van der Waals surface area contributed by atoms with Gasteiger partial charge in [0.2, 0.25) is 5.95 Å². The van der Waals surface area contributed by atoms with Gasteiger partial charge >= 0.3 is 0 Å². The second-order valence-corrected chi connectivity index (χ2v) is 4.74. The summed E-state index contributed by atoms with van der Waals surface area (Å²) in [5, 5.41) is 0. The maximum atomic E-state index is 5.63. The third-order valence-corrected chi connectivity index (χ3v) is 3.43. The predicted molar refractivity (Wildman–Crippen MR) is 70.0 cm³/mol. The summed E-state index contributed by atoms with van der Waals surface area (Å²) in [7, 11) is 0. The van der Waals surface area contributed by atoms with Gasteiger partial charge in [-0.3, -0.25) is 0 Å². The third-order valence-electron chi connectivity index (χ3n) is 3.43. The Morgan fingerprint density at radius 3 is 2.41 bits per heavy atom. The van der Waals surface area contributed by atoms with Crippen LogP contribution in [0.5, 0.6) is 0 Å². The van der Waals surface area contributed by atoms with Crippen LogP contribution in [0, 0.1) is 6.92 Å². The highest BCUT2D eigenvalue weighted by Crippen LogP contribution is 2.16. The lowest BCUT2D eigenvalue weighted by Crippen LogP contribution is -2.29. The van der Waals surface area contributed by atoms with E-state index in [1.807, 2.05) is 13.1 Å². The van der Waals surface area contributed by atoms with Gasteiger partial charge < -0.3 is 10.6 Å². The Bertz CT molecular complexity index is 356. The number of nitrogens with two attached hydrogens (primary N) is 1. The highest BCUT2D eigenvalue weighted by atomic mass is 15.2. The van der Waals surface area contributed by atoms with E-state index in [9.17, 15) is 0 Å². The lowest BCUT2D eigenvalue weighted by Gasteiger charge is -2.25. The maximum absolute atomic E-state index is 5.63. The Labute approximate surface area is 103 Å². The van der Waals surface area contributed by atoms with Crippen LogP contribution >= 0.6 is 0 Å². The minimum atomic E-state index is 0.520. The molecule has 17 heavy (non-hydrogen) atoms. The average molecular weight is 234 g/mol. The molecule has 0 aromatic carbocycles. The summed E-state index contributed by atoms with van der Waals surface area (Å²) < 4.78 is 0. The van der Waals surface area contributed by atoms with Crippen molar-refractivity contribution in [2.75, 3.05) is 18.0 Å². The van der Waals surface area contributed by atoms with Crippen molar-refractivity contribution in [3.8, 4) is 0 Å².